The highest BCUT2D eigenvalue weighted by Crippen LogP contribution is 2.25. The van der Waals surface area contributed by atoms with Gasteiger partial charge in [0.15, 0.2) is 0 Å². The lowest BCUT2D eigenvalue weighted by atomic mass is 9.98. The van der Waals surface area contributed by atoms with Crippen molar-refractivity contribution in [2.75, 3.05) is 26.2 Å². The Morgan fingerprint density at radius 2 is 2.16 bits per heavy atom. The first-order valence-corrected chi connectivity index (χ1v) is 6.81. The number of carbonyl (C=O) groups excluding carboxylic acids is 1. The summed E-state index contributed by atoms with van der Waals surface area (Å²) in [6, 6.07) is 7.47. The van der Waals surface area contributed by atoms with E-state index in [0.29, 0.717) is 17.9 Å². The molecule has 0 aromatic heterocycles. The summed E-state index contributed by atoms with van der Waals surface area (Å²) in [4.78, 5) is 14.7. The first-order valence-electron chi connectivity index (χ1n) is 6.81. The predicted molar refractivity (Wildman–Crippen MR) is 75.6 cm³/mol. The van der Waals surface area contributed by atoms with E-state index < -0.39 is 0 Å². The van der Waals surface area contributed by atoms with E-state index in [1.54, 1.807) is 0 Å². The molecule has 4 nitrogen and oxygen atoms in total. The third-order valence-corrected chi connectivity index (χ3v) is 3.46. The molecule has 0 bridgehead atoms. The lowest BCUT2D eigenvalue weighted by Gasteiger charge is -2.43. The summed E-state index contributed by atoms with van der Waals surface area (Å²) in [7, 11) is 0. The molecule has 4 heteroatoms. The molecule has 0 aliphatic carbocycles. The van der Waals surface area contributed by atoms with Crippen LogP contribution in [0, 0.1) is 0 Å². The van der Waals surface area contributed by atoms with Gasteiger partial charge in [-0.1, -0.05) is 12.1 Å². The second-order valence-corrected chi connectivity index (χ2v) is 5.38. The molecule has 104 valence electrons. The Balaban J connectivity index is 2.28. The van der Waals surface area contributed by atoms with Crippen LogP contribution in [-0.2, 0) is 0 Å². The van der Waals surface area contributed by atoms with E-state index in [0.717, 1.165) is 19.6 Å². The van der Waals surface area contributed by atoms with E-state index in [1.165, 1.54) is 0 Å². The number of rotatable bonds is 3. The van der Waals surface area contributed by atoms with Gasteiger partial charge in [0.2, 0.25) is 0 Å². The molecule has 19 heavy (non-hydrogen) atoms. The summed E-state index contributed by atoms with van der Waals surface area (Å²) >= 11 is 0. The highest BCUT2D eigenvalue weighted by molar-refractivity contribution is 5.97. The minimum Gasteiger partial charge on any atom is -0.493 e. The van der Waals surface area contributed by atoms with Gasteiger partial charge >= 0.3 is 0 Å². The zero-order valence-electron chi connectivity index (χ0n) is 11.9. The molecule has 0 radical (unpaired) electrons. The van der Waals surface area contributed by atoms with Crippen LogP contribution in [0.2, 0.25) is 0 Å². The van der Waals surface area contributed by atoms with Crippen molar-refractivity contribution in [3.05, 3.63) is 29.8 Å². The fourth-order valence-electron chi connectivity index (χ4n) is 2.43. The SMILES string of the molecule is CCOc1ccccc1C(=O)N1CCNCC1(C)C. The number of piperazine rings is 1. The monoisotopic (exact) mass is 262 g/mol. The van der Waals surface area contributed by atoms with Crippen LogP contribution in [0.3, 0.4) is 0 Å². The maximum Gasteiger partial charge on any atom is 0.258 e. The van der Waals surface area contributed by atoms with Gasteiger partial charge in [0.25, 0.3) is 5.91 Å². The summed E-state index contributed by atoms with van der Waals surface area (Å²) in [5, 5.41) is 3.33. The Morgan fingerprint density at radius 1 is 1.42 bits per heavy atom. The maximum absolute atomic E-state index is 12.7. The van der Waals surface area contributed by atoms with Crippen LogP contribution < -0.4 is 10.1 Å². The Morgan fingerprint density at radius 3 is 2.84 bits per heavy atom. The summed E-state index contributed by atoms with van der Waals surface area (Å²) < 4.78 is 5.55. The third-order valence-electron chi connectivity index (χ3n) is 3.46. The molecule has 1 aliphatic heterocycles. The minimum atomic E-state index is -0.172. The number of nitrogens with one attached hydrogen (secondary N) is 1. The Kier molecular flexibility index (Phi) is 4.10. The topological polar surface area (TPSA) is 41.6 Å². The standard InChI is InChI=1S/C15H22N2O2/c1-4-19-13-8-6-5-7-12(13)14(18)17-10-9-16-11-15(17,2)3/h5-8,16H,4,9-11H2,1-3H3. The number of para-hydroxylation sites is 1. The number of hydrogen-bond donors (Lipinski definition) is 1. The highest BCUT2D eigenvalue weighted by Gasteiger charge is 2.34. The van der Waals surface area contributed by atoms with Gasteiger partial charge in [0.05, 0.1) is 17.7 Å². The second kappa shape index (κ2) is 5.61. The second-order valence-electron chi connectivity index (χ2n) is 5.38. The van der Waals surface area contributed by atoms with E-state index in [2.05, 4.69) is 19.2 Å². The summed E-state index contributed by atoms with van der Waals surface area (Å²) in [5.74, 6) is 0.722. The summed E-state index contributed by atoms with van der Waals surface area (Å²) in [6.45, 7) is 9.04. The van der Waals surface area contributed by atoms with Gasteiger partial charge in [0.1, 0.15) is 5.75 Å². The van der Waals surface area contributed by atoms with E-state index in [9.17, 15) is 4.79 Å². The number of hydrogen-bond acceptors (Lipinski definition) is 3. The van der Waals surface area contributed by atoms with Crippen LogP contribution in [-0.4, -0.2) is 42.6 Å². The minimum absolute atomic E-state index is 0.0514. The molecule has 0 atom stereocenters. The van der Waals surface area contributed by atoms with E-state index >= 15 is 0 Å². The molecular weight excluding hydrogens is 240 g/mol. The number of ether oxygens (including phenoxy) is 1. The summed E-state index contributed by atoms with van der Waals surface area (Å²) in [5.41, 5.74) is 0.480. The van der Waals surface area contributed by atoms with Crippen LogP contribution in [0.4, 0.5) is 0 Å². The van der Waals surface area contributed by atoms with Crippen molar-refractivity contribution in [1.82, 2.24) is 10.2 Å². The van der Waals surface area contributed by atoms with Gasteiger partial charge in [-0.15, -0.1) is 0 Å². The third kappa shape index (κ3) is 2.89. The molecule has 0 spiro atoms. The van der Waals surface area contributed by atoms with E-state index in [-0.39, 0.29) is 11.4 Å². The molecule has 2 rings (SSSR count). The first-order chi connectivity index (χ1) is 9.06. The average Bonchev–Trinajstić information content (AvgIpc) is 2.38. The van der Waals surface area contributed by atoms with E-state index in [1.807, 2.05) is 36.1 Å². The van der Waals surface area contributed by atoms with Crippen molar-refractivity contribution < 1.29 is 9.53 Å². The molecule has 1 aromatic carbocycles. The van der Waals surface area contributed by atoms with Crippen molar-refractivity contribution in [3.8, 4) is 5.75 Å². The number of nitrogens with zero attached hydrogens (tertiary/aromatic N) is 1. The number of amides is 1. The van der Waals surface area contributed by atoms with Crippen molar-refractivity contribution in [3.63, 3.8) is 0 Å². The van der Waals surface area contributed by atoms with Crippen LogP contribution in [0.25, 0.3) is 0 Å². The molecule has 1 aliphatic rings. The fraction of sp³-hybridized carbons (Fsp3) is 0.533. The molecule has 1 saturated heterocycles. The van der Waals surface area contributed by atoms with Gasteiger partial charge in [-0.05, 0) is 32.9 Å². The smallest absolute Gasteiger partial charge is 0.258 e. The highest BCUT2D eigenvalue weighted by atomic mass is 16.5. The molecule has 1 N–H and O–H groups in total. The average molecular weight is 262 g/mol. The summed E-state index contributed by atoms with van der Waals surface area (Å²) in [6.07, 6.45) is 0. The van der Waals surface area contributed by atoms with Crippen molar-refractivity contribution >= 4 is 5.91 Å². The maximum atomic E-state index is 12.7. The predicted octanol–water partition coefficient (Wildman–Crippen LogP) is 1.91. The van der Waals surface area contributed by atoms with Gasteiger partial charge in [-0.3, -0.25) is 4.79 Å². The zero-order chi connectivity index (χ0) is 13.9. The normalized spacial score (nSPS) is 18.2. The van der Waals surface area contributed by atoms with E-state index in [4.69, 9.17) is 4.74 Å². The number of carbonyl (C=O) groups is 1. The molecule has 0 saturated carbocycles. The molecule has 1 heterocycles. The van der Waals surface area contributed by atoms with Crippen LogP contribution in [0.1, 0.15) is 31.1 Å². The molecule has 1 aromatic rings. The number of benzene rings is 1. The van der Waals surface area contributed by atoms with Gasteiger partial charge in [-0.25, -0.2) is 0 Å². The zero-order valence-corrected chi connectivity index (χ0v) is 11.9. The lowest BCUT2D eigenvalue weighted by molar-refractivity contribution is 0.0473. The first kappa shape index (κ1) is 13.9. The van der Waals surface area contributed by atoms with Gasteiger partial charge < -0.3 is 15.0 Å². The van der Waals surface area contributed by atoms with Crippen LogP contribution in [0.15, 0.2) is 24.3 Å². The molecule has 1 fully saturated rings. The van der Waals surface area contributed by atoms with Crippen molar-refractivity contribution in [2.24, 2.45) is 0 Å². The molecule has 1 amide bonds. The quantitative estimate of drug-likeness (QED) is 0.904. The molecular formula is C15H22N2O2. The van der Waals surface area contributed by atoms with Gasteiger partial charge in [-0.2, -0.15) is 0 Å². The van der Waals surface area contributed by atoms with Crippen LogP contribution in [0.5, 0.6) is 5.75 Å². The van der Waals surface area contributed by atoms with Crippen LogP contribution >= 0.6 is 0 Å². The molecule has 0 unspecified atom stereocenters. The fourth-order valence-corrected chi connectivity index (χ4v) is 2.43. The van der Waals surface area contributed by atoms with Crippen molar-refractivity contribution in [1.29, 1.82) is 0 Å². The Hall–Kier alpha value is -1.55. The lowest BCUT2D eigenvalue weighted by Crippen LogP contribution is -2.59. The Labute approximate surface area is 114 Å². The van der Waals surface area contributed by atoms with Crippen molar-refractivity contribution in [2.45, 2.75) is 26.3 Å². The Bertz CT molecular complexity index is 457. The largest absolute Gasteiger partial charge is 0.493 e. The van der Waals surface area contributed by atoms with Gasteiger partial charge in [0, 0.05) is 19.6 Å².